The van der Waals surface area contributed by atoms with E-state index in [9.17, 15) is 9.59 Å². The summed E-state index contributed by atoms with van der Waals surface area (Å²) >= 11 is 0. The third-order valence-corrected chi connectivity index (χ3v) is 6.18. The van der Waals surface area contributed by atoms with Crippen LogP contribution in [0.4, 0.5) is 0 Å². The smallest absolute Gasteiger partial charge is 0.495 e. The summed E-state index contributed by atoms with van der Waals surface area (Å²) in [4.78, 5) is 23.7. The Balaban J connectivity index is 0.000000238. The maximum atomic E-state index is 11.9. The Hall–Kier alpha value is -2.68. The van der Waals surface area contributed by atoms with E-state index in [1.54, 1.807) is 0 Å². The molecule has 5 rings (SSSR count). The summed E-state index contributed by atoms with van der Waals surface area (Å²) in [5.41, 5.74) is 2.40. The van der Waals surface area contributed by atoms with Crippen molar-refractivity contribution in [2.75, 3.05) is 19.7 Å². The first kappa shape index (κ1) is 23.5. The Bertz CT molecular complexity index is 903. The van der Waals surface area contributed by atoms with E-state index in [0.29, 0.717) is 12.7 Å². The van der Waals surface area contributed by atoms with Crippen molar-refractivity contribution in [1.82, 2.24) is 0 Å². The van der Waals surface area contributed by atoms with E-state index in [2.05, 4.69) is 19.2 Å². The second-order valence-corrected chi connectivity index (χ2v) is 8.68. The second kappa shape index (κ2) is 11.0. The van der Waals surface area contributed by atoms with E-state index in [1.165, 1.54) is 5.56 Å². The third kappa shape index (κ3) is 6.66. The Labute approximate surface area is 195 Å². The number of benzene rings is 2. The molecule has 3 atom stereocenters. The first-order chi connectivity index (χ1) is 16.0. The fourth-order valence-electron chi connectivity index (χ4n) is 4.42. The van der Waals surface area contributed by atoms with Gasteiger partial charge in [0.25, 0.3) is 0 Å². The monoisotopic (exact) mass is 450 g/mol. The maximum absolute atomic E-state index is 11.9. The fourth-order valence-corrected chi connectivity index (χ4v) is 4.42. The van der Waals surface area contributed by atoms with Crippen LogP contribution < -0.4 is 0 Å². The van der Waals surface area contributed by atoms with Gasteiger partial charge in [0.2, 0.25) is 0 Å². The van der Waals surface area contributed by atoms with Crippen LogP contribution in [0.2, 0.25) is 0 Å². The van der Waals surface area contributed by atoms with Crippen molar-refractivity contribution in [2.24, 2.45) is 0 Å². The zero-order valence-corrected chi connectivity index (χ0v) is 18.6. The summed E-state index contributed by atoms with van der Waals surface area (Å²) in [5.74, 6) is -0.905. The minimum atomic E-state index is -0.453. The van der Waals surface area contributed by atoms with E-state index < -0.39 is 11.9 Å². The minimum Gasteiger partial charge on any atom is -0.495 e. The second-order valence-electron chi connectivity index (χ2n) is 8.68. The summed E-state index contributed by atoms with van der Waals surface area (Å²) in [6.07, 6.45) is 3.09. The summed E-state index contributed by atoms with van der Waals surface area (Å²) in [6.45, 7) is 1.47. The molecule has 0 spiro atoms. The summed E-state index contributed by atoms with van der Waals surface area (Å²) in [6, 6.07) is 20.2. The molecule has 2 unspecified atom stereocenters. The van der Waals surface area contributed by atoms with Crippen molar-refractivity contribution in [3.8, 4) is 0 Å². The number of nitrogens with zero attached hydrogens (tertiary/aromatic N) is 1. The van der Waals surface area contributed by atoms with Crippen LogP contribution >= 0.6 is 0 Å². The predicted octanol–water partition coefficient (Wildman–Crippen LogP) is 3.12. The van der Waals surface area contributed by atoms with Crippen molar-refractivity contribution >= 4 is 19.6 Å². The number of quaternary nitrogens is 1. The van der Waals surface area contributed by atoms with Crippen LogP contribution in [-0.2, 0) is 35.0 Å². The van der Waals surface area contributed by atoms with Gasteiger partial charge in [-0.1, -0.05) is 60.7 Å². The molecule has 0 amide bonds. The van der Waals surface area contributed by atoms with Crippen molar-refractivity contribution in [3.63, 3.8) is 0 Å². The van der Waals surface area contributed by atoms with Crippen LogP contribution in [0.1, 0.15) is 36.5 Å². The molecule has 3 aliphatic rings. The quantitative estimate of drug-likeness (QED) is 0.302. The molecule has 2 heterocycles. The average molecular weight is 450 g/mol. The van der Waals surface area contributed by atoms with Crippen molar-refractivity contribution in [2.45, 2.75) is 44.1 Å². The van der Waals surface area contributed by atoms with Gasteiger partial charge in [0.1, 0.15) is 12.2 Å². The van der Waals surface area contributed by atoms with Crippen LogP contribution in [0.5, 0.6) is 0 Å². The molecule has 33 heavy (non-hydrogen) atoms. The number of hydrogen-bond acceptors (Lipinski definition) is 6. The Morgan fingerprint density at radius 3 is 2.15 bits per heavy atom. The lowest BCUT2D eigenvalue weighted by atomic mass is 10.1. The lowest BCUT2D eigenvalue weighted by molar-refractivity contribution is -0.899. The van der Waals surface area contributed by atoms with Gasteiger partial charge >= 0.3 is 19.6 Å². The predicted molar refractivity (Wildman–Crippen MR) is 121 cm³/mol. The molecule has 0 N–H and O–H groups in total. The molecule has 1 aliphatic carbocycles. The van der Waals surface area contributed by atoms with Crippen LogP contribution in [0.25, 0.3) is 0 Å². The first-order valence-corrected chi connectivity index (χ1v) is 11.3. The van der Waals surface area contributed by atoms with E-state index in [4.69, 9.17) is 18.8 Å². The molecule has 8 heteroatoms. The molecular formula is C25H29BNO6. The van der Waals surface area contributed by atoms with Crippen molar-refractivity contribution in [3.05, 3.63) is 78.8 Å². The molecule has 1 radical (unpaired) electrons. The molecule has 2 saturated heterocycles. The highest BCUT2D eigenvalue weighted by Gasteiger charge is 2.42. The minimum absolute atomic E-state index is 0.0188. The van der Waals surface area contributed by atoms with E-state index in [-0.39, 0.29) is 29.7 Å². The maximum Gasteiger partial charge on any atom is 0.662 e. The van der Waals surface area contributed by atoms with Gasteiger partial charge in [0.15, 0.2) is 13.1 Å². The van der Waals surface area contributed by atoms with Crippen LogP contribution in [-0.4, -0.2) is 55.9 Å². The Morgan fingerprint density at radius 2 is 1.55 bits per heavy atom. The molecule has 7 nitrogen and oxygen atoms in total. The van der Waals surface area contributed by atoms with Crippen molar-refractivity contribution < 1.29 is 32.9 Å². The number of carbonyl (C=O) groups excluding carboxylic acids is 2. The summed E-state index contributed by atoms with van der Waals surface area (Å²) in [7, 11) is 4.96. The highest BCUT2D eigenvalue weighted by molar-refractivity contribution is 6.26. The average Bonchev–Trinajstić information content (AvgIpc) is 3.55. The highest BCUT2D eigenvalue weighted by Crippen LogP contribution is 2.33. The molecule has 2 aromatic carbocycles. The van der Waals surface area contributed by atoms with Gasteiger partial charge in [-0.25, -0.2) is 9.59 Å². The molecule has 0 aromatic heterocycles. The fraction of sp³-hybridized carbons (Fsp3) is 0.400. The zero-order chi connectivity index (χ0) is 23.1. The molecular weight excluding hydrogens is 421 g/mol. The molecule has 3 fully saturated rings. The third-order valence-electron chi connectivity index (χ3n) is 6.18. The van der Waals surface area contributed by atoms with Gasteiger partial charge < -0.3 is 23.3 Å². The number of epoxide rings is 1. The van der Waals surface area contributed by atoms with E-state index in [1.807, 2.05) is 48.5 Å². The number of hydrogen-bond donors (Lipinski definition) is 0. The van der Waals surface area contributed by atoms with Crippen LogP contribution in [0, 0.1) is 7.05 Å². The standard InChI is InChI=1S/C17H21BNO5.C8H8O/c1-19(10-16(20)23-18-24-17(21)11-19)14-8-5-9-15(14)22-12-13-6-3-2-4-7-13;1-2-4-7(5-3-1)8-6-9-8/h2-4,6-7,14-15H,1,5,8-12H2;1-5,8H,6H2/t14?,15-;/m1./s1. The lowest BCUT2D eigenvalue weighted by Crippen LogP contribution is -2.60. The van der Waals surface area contributed by atoms with Gasteiger partial charge in [-0.3, -0.25) is 0 Å². The summed E-state index contributed by atoms with van der Waals surface area (Å²) < 4.78 is 20.7. The molecule has 0 bridgehead atoms. The molecule has 1 saturated carbocycles. The largest absolute Gasteiger partial charge is 0.662 e. The molecule has 2 aliphatic heterocycles. The van der Waals surface area contributed by atoms with E-state index in [0.717, 1.165) is 39.1 Å². The lowest BCUT2D eigenvalue weighted by Gasteiger charge is -2.48. The van der Waals surface area contributed by atoms with Gasteiger partial charge in [-0.05, 0) is 30.4 Å². The Morgan fingerprint density at radius 1 is 0.939 bits per heavy atom. The number of rotatable bonds is 5. The van der Waals surface area contributed by atoms with Gasteiger partial charge in [-0.15, -0.1) is 7.05 Å². The molecule has 173 valence electrons. The van der Waals surface area contributed by atoms with E-state index >= 15 is 0 Å². The number of ether oxygens (including phenoxy) is 2. The molecule has 2 aromatic rings. The normalized spacial score (nSPS) is 25.9. The van der Waals surface area contributed by atoms with Crippen molar-refractivity contribution in [1.29, 1.82) is 0 Å². The summed E-state index contributed by atoms with van der Waals surface area (Å²) in [5, 5.41) is 0. The Kier molecular flexibility index (Phi) is 7.80. The van der Waals surface area contributed by atoms with Gasteiger partial charge in [0.05, 0.1) is 19.3 Å². The first-order valence-electron chi connectivity index (χ1n) is 11.3. The van der Waals surface area contributed by atoms with Crippen LogP contribution in [0.3, 0.4) is 0 Å². The van der Waals surface area contributed by atoms with Gasteiger partial charge in [-0.2, -0.15) is 0 Å². The SMILES string of the molecule is [CH2-][N+]1(C2CCC[C@H]2OCc2ccccc2)CC(=O)O[B]OC(=O)C1.c1ccc(C2CO2)cc1. The number of carbonyl (C=O) groups is 2. The topological polar surface area (TPSA) is 74.4 Å². The zero-order valence-electron chi connectivity index (χ0n) is 18.6. The van der Waals surface area contributed by atoms with Gasteiger partial charge in [0, 0.05) is 0 Å². The highest BCUT2D eigenvalue weighted by atomic mass is 16.6. The van der Waals surface area contributed by atoms with Crippen LogP contribution in [0.15, 0.2) is 60.7 Å².